The maximum atomic E-state index is 11.6. The van der Waals surface area contributed by atoms with E-state index in [-0.39, 0.29) is 23.0 Å². The second kappa shape index (κ2) is 6.89. The van der Waals surface area contributed by atoms with E-state index >= 15 is 0 Å². The number of hydrogen-bond acceptors (Lipinski definition) is 7. The molecular formula is C11H20N4O3S2. The van der Waals surface area contributed by atoms with Crippen LogP contribution in [0.4, 0.5) is 10.8 Å². The van der Waals surface area contributed by atoms with Gasteiger partial charge in [-0.15, -0.1) is 0 Å². The van der Waals surface area contributed by atoms with E-state index in [0.29, 0.717) is 24.0 Å². The van der Waals surface area contributed by atoms with Gasteiger partial charge in [0, 0.05) is 25.8 Å². The quantitative estimate of drug-likeness (QED) is 0.681. The summed E-state index contributed by atoms with van der Waals surface area (Å²) in [5, 5.41) is 6.06. The molecule has 0 aliphatic carbocycles. The van der Waals surface area contributed by atoms with E-state index in [0.717, 1.165) is 17.8 Å². The maximum Gasteiger partial charge on any atom is 0.221 e. The molecule has 1 rings (SSSR count). The molecule has 7 nitrogen and oxygen atoms in total. The second-order valence-corrected chi connectivity index (χ2v) is 7.60. The van der Waals surface area contributed by atoms with E-state index < -0.39 is 9.84 Å². The Bertz CT molecular complexity index is 566. The zero-order chi connectivity index (χ0) is 15.3. The van der Waals surface area contributed by atoms with Crippen LogP contribution in [0.5, 0.6) is 0 Å². The van der Waals surface area contributed by atoms with Crippen molar-refractivity contribution in [2.24, 2.45) is 5.92 Å². The second-order valence-electron chi connectivity index (χ2n) is 4.87. The zero-order valence-electron chi connectivity index (χ0n) is 11.8. The van der Waals surface area contributed by atoms with E-state index in [4.69, 9.17) is 5.73 Å². The Morgan fingerprint density at radius 3 is 2.65 bits per heavy atom. The summed E-state index contributed by atoms with van der Waals surface area (Å²) in [7, 11) is -3.43. The van der Waals surface area contributed by atoms with E-state index in [1.165, 1.54) is 0 Å². The number of sulfone groups is 1. The van der Waals surface area contributed by atoms with Crippen LogP contribution in [0.3, 0.4) is 0 Å². The summed E-state index contributed by atoms with van der Waals surface area (Å²) in [6.45, 7) is 4.98. The highest BCUT2D eigenvalue weighted by Gasteiger charge is 2.21. The number of nitrogens with one attached hydrogen (secondary N) is 2. The zero-order valence-corrected chi connectivity index (χ0v) is 13.4. The summed E-state index contributed by atoms with van der Waals surface area (Å²) in [6.07, 6.45) is 1.33. The Morgan fingerprint density at radius 2 is 2.10 bits per heavy atom. The summed E-state index contributed by atoms with van der Waals surface area (Å²) in [4.78, 5) is 11.5. The molecule has 1 heterocycles. The van der Waals surface area contributed by atoms with E-state index in [9.17, 15) is 13.2 Å². The van der Waals surface area contributed by atoms with Crippen molar-refractivity contribution in [3.63, 3.8) is 0 Å². The summed E-state index contributed by atoms with van der Waals surface area (Å²) >= 11 is 0.976. The van der Waals surface area contributed by atoms with Crippen molar-refractivity contribution in [2.45, 2.75) is 25.2 Å². The van der Waals surface area contributed by atoms with Crippen molar-refractivity contribution in [3.05, 3.63) is 0 Å². The number of carbonyl (C=O) groups is 1. The van der Waals surface area contributed by atoms with Crippen molar-refractivity contribution in [1.29, 1.82) is 0 Å². The van der Waals surface area contributed by atoms with Gasteiger partial charge in [0.15, 0.2) is 15.7 Å². The largest absolute Gasteiger partial charge is 0.382 e. The number of carbonyl (C=O) groups excluding carboxylic acids is 1. The average molecular weight is 320 g/mol. The summed E-state index contributed by atoms with van der Waals surface area (Å²) in [6, 6.07) is 0. The van der Waals surface area contributed by atoms with Crippen molar-refractivity contribution >= 4 is 38.1 Å². The molecule has 0 aliphatic rings. The number of nitrogens with two attached hydrogens (primary N) is 1. The van der Waals surface area contributed by atoms with Gasteiger partial charge in [0.05, 0.1) is 0 Å². The summed E-state index contributed by atoms with van der Waals surface area (Å²) in [5.41, 5.74) is 5.54. The Hall–Kier alpha value is -1.35. The summed E-state index contributed by atoms with van der Waals surface area (Å²) in [5.74, 6) is 0.305. The molecule has 0 bridgehead atoms. The van der Waals surface area contributed by atoms with Gasteiger partial charge in [0.1, 0.15) is 9.90 Å². The van der Waals surface area contributed by atoms with Crippen molar-refractivity contribution < 1.29 is 13.2 Å². The first-order valence-electron chi connectivity index (χ1n) is 6.17. The molecule has 0 aliphatic heterocycles. The SMILES string of the molecule is CC(C)CNC(=O)CCNc1snc(N)c1S(C)(=O)=O. The number of amides is 1. The van der Waals surface area contributed by atoms with Crippen LogP contribution >= 0.6 is 11.5 Å². The fraction of sp³-hybridized carbons (Fsp3) is 0.636. The van der Waals surface area contributed by atoms with Crippen LogP contribution in [0.15, 0.2) is 4.90 Å². The van der Waals surface area contributed by atoms with Gasteiger partial charge in [0.2, 0.25) is 5.91 Å². The number of rotatable bonds is 7. The van der Waals surface area contributed by atoms with E-state index in [1.54, 1.807) is 0 Å². The molecule has 0 fully saturated rings. The van der Waals surface area contributed by atoms with E-state index in [2.05, 4.69) is 15.0 Å². The number of nitrogen functional groups attached to an aromatic ring is 1. The van der Waals surface area contributed by atoms with Crippen LogP contribution in [-0.2, 0) is 14.6 Å². The predicted molar refractivity (Wildman–Crippen MR) is 80.6 cm³/mol. The third kappa shape index (κ3) is 4.97. The number of aromatic nitrogens is 1. The van der Waals surface area contributed by atoms with Crippen LogP contribution in [0, 0.1) is 5.92 Å². The lowest BCUT2D eigenvalue weighted by Gasteiger charge is -2.08. The highest BCUT2D eigenvalue weighted by Crippen LogP contribution is 2.31. The average Bonchev–Trinajstić information content (AvgIpc) is 2.67. The normalized spacial score (nSPS) is 11.6. The van der Waals surface area contributed by atoms with Gasteiger partial charge in [-0.3, -0.25) is 4.79 Å². The van der Waals surface area contributed by atoms with Gasteiger partial charge in [-0.2, -0.15) is 4.37 Å². The van der Waals surface area contributed by atoms with Gasteiger partial charge in [-0.25, -0.2) is 8.42 Å². The summed E-state index contributed by atoms with van der Waals surface area (Å²) < 4.78 is 27.0. The lowest BCUT2D eigenvalue weighted by atomic mass is 10.2. The standard InChI is InChI=1S/C11H20N4O3S2/c1-7(2)6-14-8(16)4-5-13-11-9(20(3,17)18)10(12)15-19-11/h7,13H,4-6H2,1-3H3,(H2,12,15)(H,14,16). The molecule has 0 radical (unpaired) electrons. The van der Waals surface area contributed by atoms with Gasteiger partial charge in [-0.05, 0) is 17.5 Å². The molecule has 4 N–H and O–H groups in total. The minimum absolute atomic E-state index is 0.00471. The highest BCUT2D eigenvalue weighted by atomic mass is 32.2. The lowest BCUT2D eigenvalue weighted by molar-refractivity contribution is -0.120. The molecule has 0 aromatic carbocycles. The number of nitrogens with zero attached hydrogens (tertiary/aromatic N) is 1. The first-order valence-corrected chi connectivity index (χ1v) is 8.84. The van der Waals surface area contributed by atoms with Crippen LogP contribution in [0.1, 0.15) is 20.3 Å². The molecule has 0 saturated carbocycles. The Morgan fingerprint density at radius 1 is 1.45 bits per heavy atom. The fourth-order valence-electron chi connectivity index (χ4n) is 1.46. The maximum absolute atomic E-state index is 11.6. The van der Waals surface area contributed by atoms with Crippen molar-refractivity contribution in [1.82, 2.24) is 9.69 Å². The first-order chi connectivity index (χ1) is 9.21. The number of anilines is 2. The molecule has 20 heavy (non-hydrogen) atoms. The first kappa shape index (κ1) is 16.7. The lowest BCUT2D eigenvalue weighted by Crippen LogP contribution is -2.28. The van der Waals surface area contributed by atoms with Crippen LogP contribution in [0.2, 0.25) is 0 Å². The highest BCUT2D eigenvalue weighted by molar-refractivity contribution is 7.91. The minimum atomic E-state index is -3.43. The molecule has 1 amide bonds. The molecular weight excluding hydrogens is 300 g/mol. The molecule has 1 aromatic rings. The molecule has 9 heteroatoms. The van der Waals surface area contributed by atoms with Crippen LogP contribution in [-0.4, -0.2) is 38.0 Å². The molecule has 0 saturated heterocycles. The Balaban J connectivity index is 2.53. The fourth-order valence-corrected chi connectivity index (χ4v) is 3.55. The Labute approximate surface area is 123 Å². The van der Waals surface area contributed by atoms with Gasteiger partial charge >= 0.3 is 0 Å². The molecule has 0 spiro atoms. The molecule has 0 atom stereocenters. The number of hydrogen-bond donors (Lipinski definition) is 3. The van der Waals surface area contributed by atoms with Crippen LogP contribution < -0.4 is 16.4 Å². The van der Waals surface area contributed by atoms with Gasteiger partial charge in [0.25, 0.3) is 0 Å². The molecule has 114 valence electrons. The third-order valence-corrected chi connectivity index (χ3v) is 4.49. The van der Waals surface area contributed by atoms with Crippen molar-refractivity contribution in [2.75, 3.05) is 30.4 Å². The van der Waals surface area contributed by atoms with E-state index in [1.807, 2.05) is 13.8 Å². The monoisotopic (exact) mass is 320 g/mol. The minimum Gasteiger partial charge on any atom is -0.382 e. The third-order valence-electron chi connectivity index (χ3n) is 2.39. The van der Waals surface area contributed by atoms with Crippen molar-refractivity contribution in [3.8, 4) is 0 Å². The van der Waals surface area contributed by atoms with Gasteiger partial charge in [-0.1, -0.05) is 13.8 Å². The van der Waals surface area contributed by atoms with Gasteiger partial charge < -0.3 is 16.4 Å². The van der Waals surface area contributed by atoms with Crippen LogP contribution in [0.25, 0.3) is 0 Å². The molecule has 1 aromatic heterocycles. The predicted octanol–water partition coefficient (Wildman–Crippen LogP) is 0.703. The molecule has 0 unspecified atom stereocenters. The smallest absolute Gasteiger partial charge is 0.221 e. The Kier molecular flexibility index (Phi) is 5.75. The topological polar surface area (TPSA) is 114 Å².